The van der Waals surface area contributed by atoms with Gasteiger partial charge in [0.15, 0.2) is 0 Å². The maximum atomic E-state index is 13.8. The van der Waals surface area contributed by atoms with Crippen LogP contribution in [-0.2, 0) is 13.5 Å². The molecule has 2 N–H and O–H groups in total. The van der Waals surface area contributed by atoms with Crippen LogP contribution in [0.1, 0.15) is 18.2 Å². The minimum absolute atomic E-state index is 0.0201. The average molecular weight is 220 g/mol. The summed E-state index contributed by atoms with van der Waals surface area (Å²) < 4.78 is 15.8. The van der Waals surface area contributed by atoms with E-state index in [1.54, 1.807) is 6.07 Å². The van der Waals surface area contributed by atoms with Crippen LogP contribution in [0.3, 0.4) is 0 Å². The summed E-state index contributed by atoms with van der Waals surface area (Å²) in [5.41, 5.74) is 8.60. The van der Waals surface area contributed by atoms with Crippen molar-refractivity contribution in [3.8, 4) is 0 Å². The lowest BCUT2D eigenvalue weighted by Crippen LogP contribution is -2.18. The van der Waals surface area contributed by atoms with Crippen molar-refractivity contribution in [1.29, 1.82) is 0 Å². The quantitative estimate of drug-likeness (QED) is 0.828. The van der Waals surface area contributed by atoms with Gasteiger partial charge in [-0.25, -0.2) is 4.39 Å². The third-order valence-corrected chi connectivity index (χ3v) is 2.99. The Morgan fingerprint density at radius 2 is 2.06 bits per heavy atom. The molecule has 1 unspecified atom stereocenters. The van der Waals surface area contributed by atoms with Crippen LogP contribution in [0.25, 0.3) is 10.9 Å². The molecule has 1 aromatic heterocycles. The Kier molecular flexibility index (Phi) is 2.72. The summed E-state index contributed by atoms with van der Waals surface area (Å²) >= 11 is 0. The van der Waals surface area contributed by atoms with Gasteiger partial charge in [-0.1, -0.05) is 0 Å². The van der Waals surface area contributed by atoms with Gasteiger partial charge in [-0.3, -0.25) is 0 Å². The number of nitrogens with zero attached hydrogens (tertiary/aromatic N) is 1. The lowest BCUT2D eigenvalue weighted by Gasteiger charge is -2.08. The predicted octanol–water partition coefficient (Wildman–Crippen LogP) is 2.52. The second kappa shape index (κ2) is 3.91. The number of hydrogen-bond donors (Lipinski definition) is 1. The zero-order chi connectivity index (χ0) is 11.9. The number of halogens is 1. The van der Waals surface area contributed by atoms with Crippen LogP contribution in [0.2, 0.25) is 0 Å². The van der Waals surface area contributed by atoms with Crippen LogP contribution < -0.4 is 5.73 Å². The number of benzene rings is 1. The van der Waals surface area contributed by atoms with Gasteiger partial charge < -0.3 is 10.3 Å². The maximum absolute atomic E-state index is 13.8. The van der Waals surface area contributed by atoms with Crippen LogP contribution in [0.15, 0.2) is 18.2 Å². The van der Waals surface area contributed by atoms with Gasteiger partial charge in [-0.2, -0.15) is 0 Å². The van der Waals surface area contributed by atoms with Gasteiger partial charge in [-0.05, 0) is 44.0 Å². The molecule has 0 saturated carbocycles. The van der Waals surface area contributed by atoms with E-state index >= 15 is 0 Å². The normalized spacial score (nSPS) is 13.3. The first-order valence-corrected chi connectivity index (χ1v) is 5.49. The minimum atomic E-state index is -0.157. The summed E-state index contributed by atoms with van der Waals surface area (Å²) in [6.07, 6.45) is 0.575. The fourth-order valence-electron chi connectivity index (χ4n) is 2.04. The van der Waals surface area contributed by atoms with Crippen LogP contribution in [0, 0.1) is 12.7 Å². The van der Waals surface area contributed by atoms with Crippen LogP contribution in [0.5, 0.6) is 0 Å². The fourth-order valence-corrected chi connectivity index (χ4v) is 2.04. The lowest BCUT2D eigenvalue weighted by atomic mass is 10.1. The Morgan fingerprint density at radius 1 is 1.38 bits per heavy atom. The molecule has 0 bridgehead atoms. The molecule has 0 saturated heterocycles. The van der Waals surface area contributed by atoms with E-state index < -0.39 is 0 Å². The van der Waals surface area contributed by atoms with Gasteiger partial charge in [-0.15, -0.1) is 0 Å². The molecule has 86 valence electrons. The fraction of sp³-hybridized carbons (Fsp3) is 0.385. The number of rotatable bonds is 2. The molecule has 2 nitrogen and oxygen atoms in total. The highest BCUT2D eigenvalue weighted by Crippen LogP contribution is 2.22. The third kappa shape index (κ3) is 1.83. The second-order valence-corrected chi connectivity index (χ2v) is 4.53. The van der Waals surface area contributed by atoms with Gasteiger partial charge in [0.25, 0.3) is 0 Å². The van der Waals surface area contributed by atoms with E-state index in [1.807, 2.05) is 33.0 Å². The van der Waals surface area contributed by atoms with Crippen molar-refractivity contribution in [1.82, 2.24) is 4.57 Å². The SMILES string of the molecule is Cc1cc2cc(F)c(CC(C)N)cc2n1C. The number of hydrogen-bond acceptors (Lipinski definition) is 1. The largest absolute Gasteiger partial charge is 0.348 e. The van der Waals surface area contributed by atoms with Crippen molar-refractivity contribution < 1.29 is 4.39 Å². The third-order valence-electron chi connectivity index (χ3n) is 2.99. The Balaban J connectivity index is 2.59. The highest BCUT2D eigenvalue weighted by molar-refractivity contribution is 5.82. The zero-order valence-corrected chi connectivity index (χ0v) is 9.92. The second-order valence-electron chi connectivity index (χ2n) is 4.53. The molecule has 0 fully saturated rings. The number of aryl methyl sites for hydroxylation is 2. The Labute approximate surface area is 94.9 Å². The average Bonchev–Trinajstić information content (AvgIpc) is 2.44. The molecule has 3 heteroatoms. The van der Waals surface area contributed by atoms with Crippen molar-refractivity contribution in [2.24, 2.45) is 12.8 Å². The molecular formula is C13H17FN2. The van der Waals surface area contributed by atoms with Crippen LogP contribution >= 0.6 is 0 Å². The summed E-state index contributed by atoms with van der Waals surface area (Å²) in [6.45, 7) is 3.91. The van der Waals surface area contributed by atoms with Gasteiger partial charge >= 0.3 is 0 Å². The van der Waals surface area contributed by atoms with E-state index in [9.17, 15) is 4.39 Å². The molecular weight excluding hydrogens is 203 g/mol. The molecule has 0 radical (unpaired) electrons. The minimum Gasteiger partial charge on any atom is -0.348 e. The monoisotopic (exact) mass is 220 g/mol. The molecule has 0 aliphatic carbocycles. The summed E-state index contributed by atoms with van der Waals surface area (Å²) in [4.78, 5) is 0. The summed E-state index contributed by atoms with van der Waals surface area (Å²) in [6, 6.07) is 5.48. The molecule has 0 aliphatic heterocycles. The van der Waals surface area contributed by atoms with E-state index in [0.717, 1.165) is 16.6 Å². The Morgan fingerprint density at radius 3 is 2.69 bits per heavy atom. The molecule has 1 heterocycles. The van der Waals surface area contributed by atoms with E-state index in [-0.39, 0.29) is 11.9 Å². The first-order chi connectivity index (χ1) is 7.49. The van der Waals surface area contributed by atoms with E-state index in [1.165, 1.54) is 0 Å². The molecule has 0 aliphatic rings. The summed E-state index contributed by atoms with van der Waals surface area (Å²) in [7, 11) is 1.99. The molecule has 1 atom stereocenters. The highest BCUT2D eigenvalue weighted by Gasteiger charge is 2.10. The van der Waals surface area contributed by atoms with Gasteiger partial charge in [0.2, 0.25) is 0 Å². The topological polar surface area (TPSA) is 30.9 Å². The smallest absolute Gasteiger partial charge is 0.127 e. The summed E-state index contributed by atoms with van der Waals surface area (Å²) in [5, 5.41) is 0.950. The van der Waals surface area contributed by atoms with E-state index in [4.69, 9.17) is 5.73 Å². The van der Waals surface area contributed by atoms with Crippen molar-refractivity contribution in [2.45, 2.75) is 26.3 Å². The van der Waals surface area contributed by atoms with Crippen molar-refractivity contribution in [3.05, 3.63) is 35.3 Å². The molecule has 1 aromatic carbocycles. The lowest BCUT2D eigenvalue weighted by molar-refractivity contribution is 0.598. The molecule has 2 aromatic rings. The van der Waals surface area contributed by atoms with Crippen molar-refractivity contribution in [3.63, 3.8) is 0 Å². The standard InChI is InChI=1S/C13H17FN2/c1-8(15)4-10-7-13-11(6-12(10)14)5-9(2)16(13)3/h5-8H,4,15H2,1-3H3. The molecule has 16 heavy (non-hydrogen) atoms. The number of nitrogens with two attached hydrogens (primary N) is 1. The van der Waals surface area contributed by atoms with E-state index in [2.05, 4.69) is 4.57 Å². The van der Waals surface area contributed by atoms with Gasteiger partial charge in [0.1, 0.15) is 5.82 Å². The Bertz CT molecular complexity index is 526. The highest BCUT2D eigenvalue weighted by atomic mass is 19.1. The Hall–Kier alpha value is -1.35. The molecule has 2 rings (SSSR count). The predicted molar refractivity (Wildman–Crippen MR) is 65.0 cm³/mol. The molecule has 0 spiro atoms. The van der Waals surface area contributed by atoms with Crippen molar-refractivity contribution in [2.75, 3.05) is 0 Å². The first kappa shape index (κ1) is 11.1. The van der Waals surface area contributed by atoms with E-state index in [0.29, 0.717) is 12.0 Å². The van der Waals surface area contributed by atoms with Crippen LogP contribution in [-0.4, -0.2) is 10.6 Å². The summed E-state index contributed by atoms with van der Waals surface area (Å²) in [5.74, 6) is -0.157. The van der Waals surface area contributed by atoms with Crippen molar-refractivity contribution >= 4 is 10.9 Å². The maximum Gasteiger partial charge on any atom is 0.127 e. The first-order valence-electron chi connectivity index (χ1n) is 5.49. The van der Waals surface area contributed by atoms with Gasteiger partial charge in [0, 0.05) is 29.7 Å². The number of fused-ring (bicyclic) bond motifs is 1. The number of aromatic nitrogens is 1. The molecule has 0 amide bonds. The van der Waals surface area contributed by atoms with Gasteiger partial charge in [0.05, 0.1) is 0 Å². The zero-order valence-electron chi connectivity index (χ0n) is 9.92. The van der Waals surface area contributed by atoms with Crippen LogP contribution in [0.4, 0.5) is 4.39 Å².